The molecule has 2 aromatic heterocycles. The lowest BCUT2D eigenvalue weighted by Gasteiger charge is -2.07. The molecule has 0 unspecified atom stereocenters. The van der Waals surface area contributed by atoms with Crippen LogP contribution in [0.5, 0.6) is 0 Å². The highest BCUT2D eigenvalue weighted by Gasteiger charge is 2.19. The number of nitrogens with one attached hydrogen (secondary N) is 2. The number of carbonyl (C=O) groups is 1. The van der Waals surface area contributed by atoms with E-state index in [-0.39, 0.29) is 5.91 Å². The summed E-state index contributed by atoms with van der Waals surface area (Å²) in [4.78, 5) is 20.8. The molecule has 33 heavy (non-hydrogen) atoms. The number of nitrogens with two attached hydrogens (primary N) is 1. The predicted molar refractivity (Wildman–Crippen MR) is 130 cm³/mol. The minimum Gasteiger partial charge on any atom is -0.383 e. The number of aromatic nitrogens is 4. The Labute approximate surface area is 191 Å². The van der Waals surface area contributed by atoms with Crippen molar-refractivity contribution in [3.8, 4) is 11.4 Å². The molecule has 3 aromatic carbocycles. The van der Waals surface area contributed by atoms with E-state index in [0.29, 0.717) is 30.2 Å². The fraction of sp³-hybridized carbons (Fsp3) is 0.115. The zero-order valence-corrected chi connectivity index (χ0v) is 18.2. The van der Waals surface area contributed by atoms with Gasteiger partial charge < -0.3 is 16.0 Å². The van der Waals surface area contributed by atoms with Crippen LogP contribution < -0.4 is 11.1 Å². The van der Waals surface area contributed by atoms with Gasteiger partial charge in [-0.15, -0.1) is 0 Å². The van der Waals surface area contributed by atoms with Gasteiger partial charge in [-0.2, -0.15) is 5.10 Å². The fourth-order valence-electron chi connectivity index (χ4n) is 3.90. The highest BCUT2D eigenvalue weighted by atomic mass is 16.1. The molecule has 0 aliphatic heterocycles. The molecule has 5 aromatic rings. The number of rotatable bonds is 6. The Hall–Kier alpha value is -4.39. The molecule has 2 heterocycles. The average molecular weight is 437 g/mol. The van der Waals surface area contributed by atoms with E-state index in [1.54, 1.807) is 11.6 Å². The molecule has 1 amide bonds. The molecule has 0 saturated heterocycles. The van der Waals surface area contributed by atoms with Crippen LogP contribution in [0.25, 0.3) is 22.4 Å². The molecule has 0 aliphatic carbocycles. The number of para-hydroxylation sites is 2. The number of aryl methyl sites for hydroxylation is 1. The summed E-state index contributed by atoms with van der Waals surface area (Å²) < 4.78 is 1.67. The monoisotopic (exact) mass is 436 g/mol. The maximum Gasteiger partial charge on any atom is 0.257 e. The summed E-state index contributed by atoms with van der Waals surface area (Å²) in [5.41, 5.74) is 12.3. The Bertz CT molecular complexity index is 1380. The lowest BCUT2D eigenvalue weighted by atomic mass is 10.1. The van der Waals surface area contributed by atoms with Crippen molar-refractivity contribution in [2.45, 2.75) is 20.0 Å². The quantitative estimate of drug-likeness (QED) is 0.369. The Morgan fingerprint density at radius 2 is 1.70 bits per heavy atom. The van der Waals surface area contributed by atoms with E-state index in [9.17, 15) is 4.79 Å². The van der Waals surface area contributed by atoms with Crippen molar-refractivity contribution in [3.05, 3.63) is 101 Å². The molecule has 0 bridgehead atoms. The molecule has 0 saturated carbocycles. The minimum atomic E-state index is -0.231. The van der Waals surface area contributed by atoms with Crippen LogP contribution in [-0.4, -0.2) is 25.7 Å². The second-order valence-corrected chi connectivity index (χ2v) is 7.97. The van der Waals surface area contributed by atoms with Crippen molar-refractivity contribution < 1.29 is 4.79 Å². The number of benzene rings is 3. The van der Waals surface area contributed by atoms with Crippen LogP contribution in [0.1, 0.15) is 27.2 Å². The van der Waals surface area contributed by atoms with Gasteiger partial charge >= 0.3 is 0 Å². The summed E-state index contributed by atoms with van der Waals surface area (Å²) in [6, 6.07) is 25.8. The SMILES string of the molecule is Cc1nn(Cc2ccccc2)c(N)c1C(=O)NCc1ccc(-c2nc3ccccc3[nH]2)cc1. The van der Waals surface area contributed by atoms with Crippen LogP contribution in [0.4, 0.5) is 5.82 Å². The third-order valence-corrected chi connectivity index (χ3v) is 5.64. The van der Waals surface area contributed by atoms with E-state index in [0.717, 1.165) is 33.5 Å². The van der Waals surface area contributed by atoms with Gasteiger partial charge in [-0.25, -0.2) is 9.67 Å². The first kappa shape index (κ1) is 20.5. The number of amides is 1. The Kier molecular flexibility index (Phi) is 5.36. The molecule has 5 rings (SSSR count). The van der Waals surface area contributed by atoms with Crippen LogP contribution in [0.15, 0.2) is 78.9 Å². The zero-order chi connectivity index (χ0) is 22.8. The van der Waals surface area contributed by atoms with Gasteiger partial charge in [-0.3, -0.25) is 4.79 Å². The first-order valence-corrected chi connectivity index (χ1v) is 10.8. The molecule has 164 valence electrons. The Morgan fingerprint density at radius 3 is 2.45 bits per heavy atom. The smallest absolute Gasteiger partial charge is 0.257 e. The topological polar surface area (TPSA) is 102 Å². The van der Waals surface area contributed by atoms with Gasteiger partial charge in [0.1, 0.15) is 17.2 Å². The van der Waals surface area contributed by atoms with E-state index in [2.05, 4.69) is 20.4 Å². The first-order chi connectivity index (χ1) is 16.1. The van der Waals surface area contributed by atoms with Crippen LogP contribution >= 0.6 is 0 Å². The maximum absolute atomic E-state index is 12.9. The molecule has 0 atom stereocenters. The number of nitrogen functional groups attached to an aromatic ring is 1. The van der Waals surface area contributed by atoms with E-state index in [1.807, 2.05) is 78.9 Å². The highest BCUT2D eigenvalue weighted by molar-refractivity contribution is 5.99. The summed E-state index contributed by atoms with van der Waals surface area (Å²) in [6.07, 6.45) is 0. The van der Waals surface area contributed by atoms with Crippen LogP contribution in [0.3, 0.4) is 0 Å². The number of carbonyl (C=O) groups excluding carboxylic acids is 1. The third kappa shape index (κ3) is 4.21. The van der Waals surface area contributed by atoms with E-state index < -0.39 is 0 Å². The maximum atomic E-state index is 12.9. The molecular weight excluding hydrogens is 412 g/mol. The van der Waals surface area contributed by atoms with Crippen LogP contribution in [0, 0.1) is 6.92 Å². The predicted octanol–water partition coefficient (Wildman–Crippen LogP) is 4.30. The van der Waals surface area contributed by atoms with Gasteiger partial charge in [0, 0.05) is 12.1 Å². The van der Waals surface area contributed by atoms with E-state index in [4.69, 9.17) is 5.73 Å². The highest BCUT2D eigenvalue weighted by Crippen LogP contribution is 2.21. The number of fused-ring (bicyclic) bond motifs is 1. The number of imidazole rings is 1. The number of aromatic amines is 1. The lowest BCUT2D eigenvalue weighted by molar-refractivity contribution is 0.0951. The Balaban J connectivity index is 1.26. The van der Waals surface area contributed by atoms with Gasteiger partial charge in [0.2, 0.25) is 0 Å². The number of anilines is 1. The van der Waals surface area contributed by atoms with Gasteiger partial charge in [0.15, 0.2) is 0 Å². The number of nitrogens with zero attached hydrogens (tertiary/aromatic N) is 3. The zero-order valence-electron chi connectivity index (χ0n) is 18.2. The molecule has 0 aliphatic rings. The van der Waals surface area contributed by atoms with Crippen LogP contribution in [0.2, 0.25) is 0 Å². The second kappa shape index (κ2) is 8.63. The molecular formula is C26H24N6O. The second-order valence-electron chi connectivity index (χ2n) is 7.97. The molecule has 0 spiro atoms. The van der Waals surface area contributed by atoms with E-state index >= 15 is 0 Å². The van der Waals surface area contributed by atoms with Crippen molar-refractivity contribution in [2.24, 2.45) is 0 Å². The molecule has 0 fully saturated rings. The van der Waals surface area contributed by atoms with Crippen molar-refractivity contribution in [1.82, 2.24) is 25.1 Å². The first-order valence-electron chi connectivity index (χ1n) is 10.8. The summed E-state index contributed by atoms with van der Waals surface area (Å²) in [5.74, 6) is 0.959. The molecule has 7 heteroatoms. The summed E-state index contributed by atoms with van der Waals surface area (Å²) in [6.45, 7) is 2.71. The van der Waals surface area contributed by atoms with Gasteiger partial charge in [0.05, 0.1) is 23.3 Å². The summed E-state index contributed by atoms with van der Waals surface area (Å²) in [7, 11) is 0. The van der Waals surface area contributed by atoms with Crippen molar-refractivity contribution in [1.29, 1.82) is 0 Å². The molecule has 7 nitrogen and oxygen atoms in total. The fourth-order valence-corrected chi connectivity index (χ4v) is 3.90. The Morgan fingerprint density at radius 1 is 0.970 bits per heavy atom. The summed E-state index contributed by atoms with van der Waals surface area (Å²) >= 11 is 0. The molecule has 4 N–H and O–H groups in total. The standard InChI is InChI=1S/C26H24N6O/c1-17-23(24(27)32(31-17)16-19-7-3-2-4-8-19)26(33)28-15-18-11-13-20(14-12-18)25-29-21-9-5-6-10-22(21)30-25/h2-14H,15-16,27H2,1H3,(H,28,33)(H,29,30). The third-order valence-electron chi connectivity index (χ3n) is 5.64. The van der Waals surface area contributed by atoms with Crippen molar-refractivity contribution in [2.75, 3.05) is 5.73 Å². The van der Waals surface area contributed by atoms with Gasteiger partial charge in [0.25, 0.3) is 5.91 Å². The van der Waals surface area contributed by atoms with Crippen LogP contribution in [-0.2, 0) is 13.1 Å². The number of hydrogen-bond donors (Lipinski definition) is 3. The van der Waals surface area contributed by atoms with E-state index in [1.165, 1.54) is 0 Å². The van der Waals surface area contributed by atoms with Crippen molar-refractivity contribution >= 4 is 22.8 Å². The number of hydrogen-bond acceptors (Lipinski definition) is 4. The number of H-pyrrole nitrogens is 1. The molecule has 0 radical (unpaired) electrons. The normalized spacial score (nSPS) is 11.1. The lowest BCUT2D eigenvalue weighted by Crippen LogP contribution is -2.24. The largest absolute Gasteiger partial charge is 0.383 e. The minimum absolute atomic E-state index is 0.231. The average Bonchev–Trinajstić information content (AvgIpc) is 3.39. The van der Waals surface area contributed by atoms with Gasteiger partial charge in [-0.05, 0) is 30.2 Å². The van der Waals surface area contributed by atoms with Gasteiger partial charge in [-0.1, -0.05) is 66.7 Å². The van der Waals surface area contributed by atoms with Crippen molar-refractivity contribution in [3.63, 3.8) is 0 Å². The summed E-state index contributed by atoms with van der Waals surface area (Å²) in [5, 5.41) is 7.42.